The lowest BCUT2D eigenvalue weighted by Gasteiger charge is -2.22. The zero-order valence-corrected chi connectivity index (χ0v) is 58.8. The largest absolute Gasteiger partial charge is 0.489 e. The van der Waals surface area contributed by atoms with Gasteiger partial charge in [0.2, 0.25) is 0 Å². The quantitative estimate of drug-likeness (QED) is 0.129. The molecule has 20 rings (SSSR count). The zero-order valence-electron chi connectivity index (χ0n) is 57.2. The molecule has 0 aromatic heterocycles. The summed E-state index contributed by atoms with van der Waals surface area (Å²) in [5.41, 5.74) is 24.1. The van der Waals surface area contributed by atoms with E-state index in [1.54, 1.807) is 0 Å². The first-order chi connectivity index (χ1) is 49.8. The van der Waals surface area contributed by atoms with Crippen molar-refractivity contribution >= 4 is 115 Å². The van der Waals surface area contributed by atoms with Gasteiger partial charge in [-0.3, -0.25) is 0 Å². The Kier molecular flexibility index (Phi) is 15.4. The summed E-state index contributed by atoms with van der Waals surface area (Å²) in [7, 11) is -1.49. The Morgan fingerprint density at radius 1 is 0.216 bits per heavy atom. The summed E-state index contributed by atoms with van der Waals surface area (Å²) < 4.78 is 1.12. The normalized spacial score (nSPS) is 13.0. The minimum Gasteiger partial charge on any atom is -0.423 e. The van der Waals surface area contributed by atoms with Crippen LogP contribution in [0.4, 0.5) is 0 Å². The third-order valence-corrected chi connectivity index (χ3v) is 22.6. The number of rotatable bonds is 6. The van der Waals surface area contributed by atoms with Crippen LogP contribution in [0.2, 0.25) is 0 Å². The van der Waals surface area contributed by atoms with E-state index < -0.39 is 7.12 Å². The first-order valence-corrected chi connectivity index (χ1v) is 36.1. The Hall–Kier alpha value is -11.5. The Balaban J connectivity index is 0.000000119. The Labute approximate surface area is 603 Å². The van der Waals surface area contributed by atoms with E-state index in [1.807, 2.05) is 36.4 Å². The van der Waals surface area contributed by atoms with Crippen LogP contribution in [0.1, 0.15) is 49.9 Å². The summed E-state index contributed by atoms with van der Waals surface area (Å²) in [6.45, 7) is 9.37. The van der Waals surface area contributed by atoms with Crippen molar-refractivity contribution in [1.29, 1.82) is 0 Å². The molecular weight excluding hydrogens is 1300 g/mol. The fraction of sp³-hybridized carbons (Fsp3) is 0.0612. The minimum atomic E-state index is -1.49. The molecule has 2 N–H and O–H groups in total. The van der Waals surface area contributed by atoms with Gasteiger partial charge >= 0.3 is 7.12 Å². The second kappa shape index (κ2) is 25.0. The van der Waals surface area contributed by atoms with Crippen molar-refractivity contribution < 1.29 is 10.0 Å². The molecule has 102 heavy (non-hydrogen) atoms. The highest BCUT2D eigenvalue weighted by Gasteiger charge is 2.37. The molecule has 0 bridgehead atoms. The third-order valence-electron chi connectivity index (χ3n) is 22.1. The van der Waals surface area contributed by atoms with Crippen molar-refractivity contribution in [2.24, 2.45) is 0 Å². The van der Waals surface area contributed by atoms with Crippen molar-refractivity contribution in [3.8, 4) is 77.9 Å². The summed E-state index contributed by atoms with van der Waals surface area (Å²) >= 11 is 3.56. The van der Waals surface area contributed by atoms with Gasteiger partial charge in [-0.1, -0.05) is 329 Å². The highest BCUT2D eigenvalue weighted by atomic mass is 79.9. The highest BCUT2D eigenvalue weighted by molar-refractivity contribution is 9.10. The SMILES string of the molecule is CC1(C)c2ccccc2-c2ccc(-c3ccc4cc(-c5ccc(-c6cc7ccccc7c7ccccc67)c6ccccc56)ccc4c3)cc21.CC1(C)c2ccccc2-c2ccc(-c3ccc4cc(Br)ccc4c3)cc21.OB(O)c1ccc(-c2cc3ccccc3c3ccccc23)c2ccccc12. The average Bonchev–Trinajstić information content (AvgIpc) is 1.44. The van der Waals surface area contributed by atoms with E-state index in [-0.39, 0.29) is 10.8 Å². The van der Waals surface area contributed by atoms with Crippen LogP contribution in [0.3, 0.4) is 0 Å². The first kappa shape index (κ1) is 62.7. The summed E-state index contributed by atoms with van der Waals surface area (Å²) in [4.78, 5) is 0. The summed E-state index contributed by atoms with van der Waals surface area (Å²) in [5.74, 6) is 0. The van der Waals surface area contributed by atoms with Gasteiger partial charge in [-0.25, -0.2) is 0 Å². The van der Waals surface area contributed by atoms with E-state index in [0.29, 0.717) is 5.46 Å². The molecule has 2 nitrogen and oxygen atoms in total. The van der Waals surface area contributed by atoms with E-state index in [2.05, 4.69) is 347 Å². The van der Waals surface area contributed by atoms with Crippen molar-refractivity contribution in [3.05, 3.63) is 366 Å². The molecule has 0 amide bonds. The van der Waals surface area contributed by atoms with Crippen molar-refractivity contribution in [2.75, 3.05) is 0 Å². The molecule has 18 aromatic carbocycles. The minimum absolute atomic E-state index is 0.00654. The van der Waals surface area contributed by atoms with E-state index >= 15 is 0 Å². The molecule has 0 atom stereocenters. The molecule has 0 radical (unpaired) electrons. The van der Waals surface area contributed by atoms with Gasteiger partial charge in [-0.15, -0.1) is 0 Å². The molecule has 0 fully saturated rings. The Bertz CT molecular complexity index is 6460. The van der Waals surface area contributed by atoms with E-state index in [0.717, 1.165) is 26.4 Å². The summed E-state index contributed by atoms with van der Waals surface area (Å²) in [5, 5.41) is 39.0. The van der Waals surface area contributed by atoms with Gasteiger partial charge in [0, 0.05) is 15.3 Å². The van der Waals surface area contributed by atoms with Gasteiger partial charge in [-0.2, -0.15) is 0 Å². The molecular formula is C98H70BBrO2. The highest BCUT2D eigenvalue weighted by Crippen LogP contribution is 2.52. The van der Waals surface area contributed by atoms with Crippen molar-refractivity contribution in [1.82, 2.24) is 0 Å². The Morgan fingerprint density at radius 2 is 0.529 bits per heavy atom. The predicted molar refractivity (Wildman–Crippen MR) is 439 cm³/mol. The van der Waals surface area contributed by atoms with Crippen molar-refractivity contribution in [3.63, 3.8) is 0 Å². The van der Waals surface area contributed by atoms with E-state index in [9.17, 15) is 10.0 Å². The fourth-order valence-electron chi connectivity index (χ4n) is 16.9. The third kappa shape index (κ3) is 10.6. The first-order valence-electron chi connectivity index (χ1n) is 35.3. The second-order valence-electron chi connectivity index (χ2n) is 28.6. The molecule has 0 aliphatic heterocycles. The second-order valence-corrected chi connectivity index (χ2v) is 29.5. The van der Waals surface area contributed by atoms with Gasteiger partial charge in [0.15, 0.2) is 0 Å². The molecule has 0 saturated carbocycles. The van der Waals surface area contributed by atoms with Crippen LogP contribution in [0, 0.1) is 0 Å². The van der Waals surface area contributed by atoms with Gasteiger partial charge in [0.1, 0.15) is 0 Å². The molecule has 0 spiro atoms. The predicted octanol–water partition coefficient (Wildman–Crippen LogP) is 25.7. The zero-order chi connectivity index (χ0) is 69.0. The molecule has 484 valence electrons. The van der Waals surface area contributed by atoms with E-state index in [4.69, 9.17) is 0 Å². The molecule has 0 saturated heterocycles. The maximum Gasteiger partial charge on any atom is 0.489 e. The molecule has 2 aliphatic carbocycles. The summed E-state index contributed by atoms with van der Waals surface area (Å²) in [6, 6.07) is 123. The van der Waals surface area contributed by atoms with Crippen LogP contribution in [0.15, 0.2) is 344 Å². The molecule has 0 heterocycles. The molecule has 2 aliphatic rings. The number of halogens is 1. The van der Waals surface area contributed by atoms with Gasteiger partial charge in [0.25, 0.3) is 0 Å². The van der Waals surface area contributed by atoms with Crippen LogP contribution in [0.5, 0.6) is 0 Å². The number of benzene rings is 18. The van der Waals surface area contributed by atoms with Crippen LogP contribution < -0.4 is 5.46 Å². The number of fused-ring (bicyclic) bond motifs is 16. The standard InChI is InChI=1S/C49H34.C25H19Br.C24H17BO2/c1-49(2)47-18-10-9-17-44(47)45-24-23-34(30-48(45)49)32-19-20-33-28-36(22-21-31(33)27-32)38-25-26-43(41-15-7-5-14-40(38)41)46-29-35-11-3-4-12-37(35)39-13-6-8-16-42(39)46;1-25(2)23-6-4-3-5-21(23)22-12-10-19(15-24(22)25)16-7-8-18-14-20(26)11-9-17(18)13-16;26-25(27)24-14-13-21(19-10-5-6-12-22(19)24)23-15-16-7-1-2-8-17(16)18-9-3-4-11-20(18)23/h3-30H,1-2H3;3-15H,1-2H3;1-15,26-27H. The maximum absolute atomic E-state index is 9.75. The van der Waals surface area contributed by atoms with Crippen LogP contribution >= 0.6 is 15.9 Å². The van der Waals surface area contributed by atoms with Gasteiger partial charge in [0.05, 0.1) is 0 Å². The lowest BCUT2D eigenvalue weighted by Crippen LogP contribution is -2.30. The smallest absolute Gasteiger partial charge is 0.423 e. The monoisotopic (exact) mass is 1370 g/mol. The van der Waals surface area contributed by atoms with Crippen LogP contribution in [-0.4, -0.2) is 17.2 Å². The topological polar surface area (TPSA) is 40.5 Å². The molecule has 18 aromatic rings. The van der Waals surface area contributed by atoms with Gasteiger partial charge in [-0.05, 0) is 246 Å². The summed E-state index contributed by atoms with van der Waals surface area (Å²) in [6.07, 6.45) is 0. The lowest BCUT2D eigenvalue weighted by molar-refractivity contribution is 0.426. The fourth-order valence-corrected chi connectivity index (χ4v) is 17.3. The van der Waals surface area contributed by atoms with Crippen LogP contribution in [-0.2, 0) is 10.8 Å². The van der Waals surface area contributed by atoms with Crippen molar-refractivity contribution in [2.45, 2.75) is 38.5 Å². The molecule has 4 heteroatoms. The van der Waals surface area contributed by atoms with E-state index in [1.165, 1.54) is 164 Å². The average molecular weight is 1370 g/mol. The number of hydrogen-bond acceptors (Lipinski definition) is 2. The molecule has 0 unspecified atom stereocenters. The lowest BCUT2D eigenvalue weighted by atomic mass is 9.75. The number of hydrogen-bond donors (Lipinski definition) is 2. The van der Waals surface area contributed by atoms with Crippen LogP contribution in [0.25, 0.3) is 164 Å². The maximum atomic E-state index is 9.75. The Morgan fingerprint density at radius 3 is 1.02 bits per heavy atom. The van der Waals surface area contributed by atoms with Gasteiger partial charge < -0.3 is 10.0 Å².